The molecule has 1 heterocycles. The van der Waals surface area contributed by atoms with E-state index in [9.17, 15) is 4.79 Å². The van der Waals surface area contributed by atoms with Gasteiger partial charge in [-0.1, -0.05) is 69.9 Å². The maximum absolute atomic E-state index is 12.2. The normalized spacial score (nSPS) is 11.0. The molecule has 0 bridgehead atoms. The Bertz CT molecular complexity index is 992. The SMILES string of the molecule is CCCCCCC(=O)Nc1ccc(-n2nc(OCC(C)C)nc2-c2ccc(C)cc2)cc1. The summed E-state index contributed by atoms with van der Waals surface area (Å²) < 4.78 is 7.57. The van der Waals surface area contributed by atoms with Gasteiger partial charge in [0, 0.05) is 17.7 Å². The fraction of sp³-hybridized carbons (Fsp3) is 0.423. The topological polar surface area (TPSA) is 69.0 Å². The van der Waals surface area contributed by atoms with Gasteiger partial charge in [-0.25, -0.2) is 4.68 Å². The lowest BCUT2D eigenvalue weighted by molar-refractivity contribution is -0.116. The van der Waals surface area contributed by atoms with E-state index in [-0.39, 0.29) is 5.91 Å². The summed E-state index contributed by atoms with van der Waals surface area (Å²) in [6, 6.07) is 16.2. The molecular weight excluding hydrogens is 400 g/mol. The van der Waals surface area contributed by atoms with Gasteiger partial charge >= 0.3 is 6.01 Å². The van der Waals surface area contributed by atoms with E-state index in [4.69, 9.17) is 4.74 Å². The van der Waals surface area contributed by atoms with E-state index < -0.39 is 0 Å². The lowest BCUT2D eigenvalue weighted by Crippen LogP contribution is -2.11. The molecule has 0 fully saturated rings. The fourth-order valence-electron chi connectivity index (χ4n) is 3.29. The number of hydrogen-bond acceptors (Lipinski definition) is 4. The summed E-state index contributed by atoms with van der Waals surface area (Å²) >= 11 is 0. The van der Waals surface area contributed by atoms with Crippen molar-refractivity contribution < 1.29 is 9.53 Å². The van der Waals surface area contributed by atoms with Crippen molar-refractivity contribution in [1.29, 1.82) is 0 Å². The van der Waals surface area contributed by atoms with Gasteiger partial charge < -0.3 is 10.1 Å². The zero-order chi connectivity index (χ0) is 22.9. The Labute approximate surface area is 191 Å². The number of benzene rings is 2. The van der Waals surface area contributed by atoms with Crippen molar-refractivity contribution in [1.82, 2.24) is 14.8 Å². The monoisotopic (exact) mass is 434 g/mol. The lowest BCUT2D eigenvalue weighted by atomic mass is 10.1. The third-order valence-electron chi connectivity index (χ3n) is 5.10. The molecule has 0 unspecified atom stereocenters. The predicted molar refractivity (Wildman–Crippen MR) is 129 cm³/mol. The van der Waals surface area contributed by atoms with Crippen LogP contribution in [0.25, 0.3) is 17.1 Å². The van der Waals surface area contributed by atoms with E-state index in [2.05, 4.69) is 55.2 Å². The molecule has 6 heteroatoms. The van der Waals surface area contributed by atoms with Gasteiger partial charge in [0.15, 0.2) is 5.82 Å². The van der Waals surface area contributed by atoms with Crippen LogP contribution in [-0.2, 0) is 4.79 Å². The van der Waals surface area contributed by atoms with Gasteiger partial charge in [-0.3, -0.25) is 4.79 Å². The number of nitrogens with one attached hydrogen (secondary N) is 1. The Morgan fingerprint density at radius 3 is 2.41 bits per heavy atom. The largest absolute Gasteiger partial charge is 0.462 e. The Kier molecular flexibility index (Phi) is 8.42. The van der Waals surface area contributed by atoms with Gasteiger partial charge in [-0.2, -0.15) is 4.98 Å². The molecule has 3 aromatic rings. The molecule has 0 saturated carbocycles. The average molecular weight is 435 g/mol. The van der Waals surface area contributed by atoms with Crippen molar-refractivity contribution in [3.05, 3.63) is 54.1 Å². The molecule has 0 saturated heterocycles. The molecule has 3 rings (SSSR count). The molecular formula is C26H34N4O2. The summed E-state index contributed by atoms with van der Waals surface area (Å²) in [5.41, 5.74) is 3.79. The minimum atomic E-state index is 0.0549. The summed E-state index contributed by atoms with van der Waals surface area (Å²) in [6.45, 7) is 8.97. The van der Waals surface area contributed by atoms with Crippen LogP contribution in [0.4, 0.5) is 5.69 Å². The number of nitrogens with zero attached hydrogens (tertiary/aromatic N) is 3. The number of aryl methyl sites for hydroxylation is 1. The summed E-state index contributed by atoms with van der Waals surface area (Å²) in [7, 11) is 0. The van der Waals surface area contributed by atoms with E-state index in [1.807, 2.05) is 36.4 Å². The Balaban J connectivity index is 1.78. The average Bonchev–Trinajstić information content (AvgIpc) is 3.21. The molecule has 170 valence electrons. The highest BCUT2D eigenvalue weighted by molar-refractivity contribution is 5.90. The quantitative estimate of drug-likeness (QED) is 0.366. The first-order valence-corrected chi connectivity index (χ1v) is 11.5. The first-order valence-electron chi connectivity index (χ1n) is 11.5. The van der Waals surface area contributed by atoms with E-state index in [0.717, 1.165) is 35.6 Å². The minimum absolute atomic E-state index is 0.0549. The Morgan fingerprint density at radius 1 is 1.03 bits per heavy atom. The molecule has 1 N–H and O–H groups in total. The molecule has 0 radical (unpaired) electrons. The van der Waals surface area contributed by atoms with Crippen LogP contribution >= 0.6 is 0 Å². The molecule has 2 aromatic carbocycles. The smallest absolute Gasteiger partial charge is 0.336 e. The molecule has 0 aliphatic heterocycles. The summed E-state index contributed by atoms with van der Waals surface area (Å²) in [5.74, 6) is 1.16. The first kappa shape index (κ1) is 23.5. The van der Waals surface area contributed by atoms with E-state index >= 15 is 0 Å². The standard InChI is InChI=1S/C26H34N4O2/c1-5-6-7-8-9-24(31)27-22-14-16-23(17-15-22)30-25(21-12-10-20(4)11-13-21)28-26(29-30)32-18-19(2)3/h10-17,19H,5-9,18H2,1-4H3,(H,27,31). The van der Waals surface area contributed by atoms with Gasteiger partial charge in [0.2, 0.25) is 5.91 Å². The molecule has 0 atom stereocenters. The van der Waals surface area contributed by atoms with Crippen molar-refractivity contribution in [2.75, 3.05) is 11.9 Å². The number of carbonyl (C=O) groups is 1. The second-order valence-corrected chi connectivity index (χ2v) is 8.61. The van der Waals surface area contributed by atoms with Crippen LogP contribution in [0.3, 0.4) is 0 Å². The zero-order valence-corrected chi connectivity index (χ0v) is 19.6. The highest BCUT2D eigenvalue weighted by atomic mass is 16.5. The predicted octanol–water partition coefficient (Wildman–Crippen LogP) is 6.19. The lowest BCUT2D eigenvalue weighted by Gasteiger charge is -2.09. The van der Waals surface area contributed by atoms with Crippen molar-refractivity contribution in [3.63, 3.8) is 0 Å². The van der Waals surface area contributed by atoms with Crippen LogP contribution in [0, 0.1) is 12.8 Å². The van der Waals surface area contributed by atoms with E-state index in [0.29, 0.717) is 25.0 Å². The van der Waals surface area contributed by atoms with Crippen molar-refractivity contribution in [2.45, 2.75) is 59.8 Å². The molecule has 6 nitrogen and oxygen atoms in total. The molecule has 0 spiro atoms. The Hall–Kier alpha value is -3.15. The number of rotatable bonds is 11. The van der Waals surface area contributed by atoms with Crippen molar-refractivity contribution >= 4 is 11.6 Å². The highest BCUT2D eigenvalue weighted by Crippen LogP contribution is 2.25. The van der Waals surface area contributed by atoms with Gasteiger partial charge in [-0.15, -0.1) is 5.10 Å². The number of aromatic nitrogens is 3. The third-order valence-corrected chi connectivity index (χ3v) is 5.10. The Morgan fingerprint density at radius 2 is 1.75 bits per heavy atom. The molecule has 1 aromatic heterocycles. The van der Waals surface area contributed by atoms with Gasteiger partial charge in [0.25, 0.3) is 0 Å². The highest BCUT2D eigenvalue weighted by Gasteiger charge is 2.15. The van der Waals surface area contributed by atoms with Gasteiger partial charge in [0.1, 0.15) is 0 Å². The number of hydrogen-bond donors (Lipinski definition) is 1. The maximum Gasteiger partial charge on any atom is 0.336 e. The van der Waals surface area contributed by atoms with E-state index in [1.54, 1.807) is 4.68 Å². The zero-order valence-electron chi connectivity index (χ0n) is 19.6. The van der Waals surface area contributed by atoms with Crippen molar-refractivity contribution in [3.8, 4) is 23.1 Å². The van der Waals surface area contributed by atoms with E-state index in [1.165, 1.54) is 18.4 Å². The molecule has 0 aliphatic rings. The van der Waals surface area contributed by atoms with Crippen LogP contribution < -0.4 is 10.1 Å². The van der Waals surface area contributed by atoms with Gasteiger partial charge in [0.05, 0.1) is 12.3 Å². The number of amides is 1. The fourth-order valence-corrected chi connectivity index (χ4v) is 3.29. The van der Waals surface area contributed by atoms with Gasteiger partial charge in [-0.05, 0) is 43.5 Å². The van der Waals surface area contributed by atoms with Crippen LogP contribution in [0.1, 0.15) is 58.4 Å². The molecule has 0 aliphatic carbocycles. The molecule has 32 heavy (non-hydrogen) atoms. The first-order chi connectivity index (χ1) is 15.5. The number of anilines is 1. The summed E-state index contributed by atoms with van der Waals surface area (Å²) in [6.07, 6.45) is 4.92. The minimum Gasteiger partial charge on any atom is -0.462 e. The maximum atomic E-state index is 12.2. The van der Waals surface area contributed by atoms with Crippen LogP contribution in [0.15, 0.2) is 48.5 Å². The van der Waals surface area contributed by atoms with Crippen LogP contribution in [0.2, 0.25) is 0 Å². The second kappa shape index (κ2) is 11.5. The number of unbranched alkanes of at least 4 members (excludes halogenated alkanes) is 3. The summed E-state index contributed by atoms with van der Waals surface area (Å²) in [4.78, 5) is 16.8. The molecule has 1 amide bonds. The van der Waals surface area contributed by atoms with Crippen molar-refractivity contribution in [2.24, 2.45) is 5.92 Å². The van der Waals surface area contributed by atoms with Crippen LogP contribution in [0.5, 0.6) is 6.01 Å². The third kappa shape index (κ3) is 6.67. The second-order valence-electron chi connectivity index (χ2n) is 8.61. The number of ether oxygens (including phenoxy) is 1. The number of carbonyl (C=O) groups excluding carboxylic acids is 1. The van der Waals surface area contributed by atoms with Crippen LogP contribution in [-0.4, -0.2) is 27.3 Å². The summed E-state index contributed by atoms with van der Waals surface area (Å²) in [5, 5.41) is 7.57.